The minimum absolute atomic E-state index is 0.0748. The number of benzene rings is 2. The lowest BCUT2D eigenvalue weighted by atomic mass is 10.0. The van der Waals surface area contributed by atoms with Crippen LogP contribution in [0.3, 0.4) is 0 Å². The highest BCUT2D eigenvalue weighted by Crippen LogP contribution is 2.22. The molecule has 1 atom stereocenters. The Morgan fingerprint density at radius 2 is 1.74 bits per heavy atom. The van der Waals surface area contributed by atoms with Crippen LogP contribution in [0.15, 0.2) is 48.5 Å². The molecule has 31 heavy (non-hydrogen) atoms. The fourth-order valence-corrected chi connectivity index (χ4v) is 4.70. The molecule has 2 aliphatic rings. The van der Waals surface area contributed by atoms with Gasteiger partial charge in [-0.2, -0.15) is 0 Å². The maximum atomic E-state index is 12.8. The first-order chi connectivity index (χ1) is 15.2. The standard InChI is InChI=1S/C25H31N3O3/c1-31-22-13-9-19(10-14-22)23(27-15-3-2-4-16-27)18-26-25(30)20-7-11-21(12-8-20)28-17-5-6-24(28)29/h7-14,23H,2-6,15-18H2,1H3,(H,26,30)/p+1/t23-/m1/s1. The Balaban J connectivity index is 1.43. The molecular formula is C25H32N3O3+. The average Bonchev–Trinajstić information content (AvgIpc) is 3.26. The van der Waals surface area contributed by atoms with Gasteiger partial charge in [0.15, 0.2) is 0 Å². The first-order valence-electron chi connectivity index (χ1n) is 11.3. The van der Waals surface area contributed by atoms with Gasteiger partial charge in [-0.15, -0.1) is 0 Å². The van der Waals surface area contributed by atoms with Gasteiger partial charge in [-0.05, 0) is 74.2 Å². The highest BCUT2D eigenvalue weighted by atomic mass is 16.5. The van der Waals surface area contributed by atoms with Crippen molar-refractivity contribution in [2.75, 3.05) is 38.2 Å². The van der Waals surface area contributed by atoms with E-state index in [1.54, 1.807) is 12.0 Å². The summed E-state index contributed by atoms with van der Waals surface area (Å²) in [6.45, 7) is 3.61. The fourth-order valence-electron chi connectivity index (χ4n) is 4.70. The number of methoxy groups -OCH3 is 1. The number of carbonyl (C=O) groups is 2. The Morgan fingerprint density at radius 1 is 1.03 bits per heavy atom. The summed E-state index contributed by atoms with van der Waals surface area (Å²) in [5.41, 5.74) is 2.71. The molecule has 2 heterocycles. The number of hydrogen-bond acceptors (Lipinski definition) is 3. The number of nitrogens with zero attached hydrogens (tertiary/aromatic N) is 1. The van der Waals surface area contributed by atoms with Crippen LogP contribution >= 0.6 is 0 Å². The topological polar surface area (TPSA) is 63.1 Å². The third-order valence-electron chi connectivity index (χ3n) is 6.49. The molecule has 0 spiro atoms. The van der Waals surface area contributed by atoms with Gasteiger partial charge in [0.05, 0.1) is 26.7 Å². The third-order valence-corrected chi connectivity index (χ3v) is 6.49. The van der Waals surface area contributed by atoms with Crippen molar-refractivity contribution in [2.45, 2.75) is 38.1 Å². The molecule has 0 saturated carbocycles. The van der Waals surface area contributed by atoms with E-state index >= 15 is 0 Å². The molecule has 2 N–H and O–H groups in total. The number of ether oxygens (including phenoxy) is 1. The van der Waals surface area contributed by atoms with Crippen molar-refractivity contribution in [3.8, 4) is 5.75 Å². The second-order valence-electron chi connectivity index (χ2n) is 8.45. The average molecular weight is 423 g/mol. The number of piperidine rings is 1. The summed E-state index contributed by atoms with van der Waals surface area (Å²) in [5.74, 6) is 0.926. The summed E-state index contributed by atoms with van der Waals surface area (Å²) in [6, 6.07) is 15.8. The molecule has 2 saturated heterocycles. The van der Waals surface area contributed by atoms with Crippen LogP contribution in [-0.4, -0.2) is 45.1 Å². The monoisotopic (exact) mass is 422 g/mol. The Kier molecular flexibility index (Phi) is 6.87. The molecule has 0 aliphatic carbocycles. The van der Waals surface area contributed by atoms with E-state index in [9.17, 15) is 9.59 Å². The van der Waals surface area contributed by atoms with Gasteiger partial charge in [0.2, 0.25) is 5.91 Å². The zero-order valence-electron chi connectivity index (χ0n) is 18.2. The summed E-state index contributed by atoms with van der Waals surface area (Å²) in [7, 11) is 1.67. The third kappa shape index (κ3) is 5.07. The lowest BCUT2D eigenvalue weighted by Crippen LogP contribution is -3.13. The smallest absolute Gasteiger partial charge is 0.251 e. The van der Waals surface area contributed by atoms with Gasteiger partial charge in [0, 0.05) is 29.8 Å². The summed E-state index contributed by atoms with van der Waals surface area (Å²) < 4.78 is 5.30. The molecule has 2 aromatic carbocycles. The number of quaternary nitrogens is 1. The van der Waals surface area contributed by atoms with E-state index in [1.807, 2.05) is 36.4 Å². The number of amides is 2. The predicted molar refractivity (Wildman–Crippen MR) is 121 cm³/mol. The molecule has 2 aliphatic heterocycles. The van der Waals surface area contributed by atoms with Crippen LogP contribution in [0, 0.1) is 0 Å². The maximum absolute atomic E-state index is 12.8. The fraction of sp³-hybridized carbons (Fsp3) is 0.440. The zero-order chi connectivity index (χ0) is 21.6. The molecule has 4 rings (SSSR count). The first-order valence-corrected chi connectivity index (χ1v) is 11.3. The minimum Gasteiger partial charge on any atom is -0.497 e. The lowest BCUT2D eigenvalue weighted by Gasteiger charge is -2.32. The van der Waals surface area contributed by atoms with E-state index in [2.05, 4.69) is 17.4 Å². The van der Waals surface area contributed by atoms with Gasteiger partial charge in [0.25, 0.3) is 5.91 Å². The van der Waals surface area contributed by atoms with E-state index in [1.165, 1.54) is 29.7 Å². The number of anilines is 1. The predicted octanol–water partition coefficient (Wildman–Crippen LogP) is 2.36. The second kappa shape index (κ2) is 9.96. The number of hydrogen-bond donors (Lipinski definition) is 2. The van der Waals surface area contributed by atoms with Crippen LogP contribution in [0.1, 0.15) is 54.1 Å². The second-order valence-corrected chi connectivity index (χ2v) is 8.45. The van der Waals surface area contributed by atoms with Crippen molar-refractivity contribution in [3.05, 3.63) is 59.7 Å². The largest absolute Gasteiger partial charge is 0.497 e. The van der Waals surface area contributed by atoms with Crippen molar-refractivity contribution in [1.29, 1.82) is 0 Å². The molecule has 0 aromatic heterocycles. The van der Waals surface area contributed by atoms with Crippen molar-refractivity contribution >= 4 is 17.5 Å². The minimum atomic E-state index is -0.0748. The summed E-state index contributed by atoms with van der Waals surface area (Å²) in [6.07, 6.45) is 5.25. The maximum Gasteiger partial charge on any atom is 0.251 e. The Morgan fingerprint density at radius 3 is 2.35 bits per heavy atom. The van der Waals surface area contributed by atoms with Crippen molar-refractivity contribution < 1.29 is 19.2 Å². The van der Waals surface area contributed by atoms with Gasteiger partial charge >= 0.3 is 0 Å². The quantitative estimate of drug-likeness (QED) is 0.720. The van der Waals surface area contributed by atoms with E-state index in [0.717, 1.165) is 37.5 Å². The molecule has 2 amide bonds. The first kappa shape index (κ1) is 21.4. The van der Waals surface area contributed by atoms with Gasteiger partial charge in [-0.3, -0.25) is 9.59 Å². The molecular weight excluding hydrogens is 390 g/mol. The van der Waals surface area contributed by atoms with Crippen molar-refractivity contribution in [2.24, 2.45) is 0 Å². The van der Waals surface area contributed by atoms with Crippen molar-refractivity contribution in [1.82, 2.24) is 5.32 Å². The SMILES string of the molecule is COc1ccc([C@@H](CNC(=O)c2ccc(N3CCCC3=O)cc2)[NH+]2CCCCC2)cc1. The summed E-state index contributed by atoms with van der Waals surface area (Å²) >= 11 is 0. The van der Waals surface area contributed by atoms with Gasteiger partial charge < -0.3 is 19.9 Å². The molecule has 0 radical (unpaired) electrons. The van der Waals surface area contributed by atoms with Crippen LogP contribution in [0.2, 0.25) is 0 Å². The highest BCUT2D eigenvalue weighted by Gasteiger charge is 2.27. The number of likely N-dealkylation sites (tertiary alicyclic amines) is 1. The molecule has 6 heteroatoms. The summed E-state index contributed by atoms with van der Waals surface area (Å²) in [4.78, 5) is 28.1. The Hall–Kier alpha value is -2.86. The number of nitrogens with one attached hydrogen (secondary N) is 2. The molecule has 6 nitrogen and oxygen atoms in total. The molecule has 2 fully saturated rings. The molecule has 0 unspecified atom stereocenters. The molecule has 164 valence electrons. The van der Waals surface area contributed by atoms with Crippen LogP contribution in [0.5, 0.6) is 5.75 Å². The van der Waals surface area contributed by atoms with E-state index in [0.29, 0.717) is 18.5 Å². The van der Waals surface area contributed by atoms with Gasteiger partial charge in [-0.25, -0.2) is 0 Å². The van der Waals surface area contributed by atoms with Gasteiger partial charge in [-0.1, -0.05) is 0 Å². The van der Waals surface area contributed by atoms with Crippen LogP contribution in [0.4, 0.5) is 5.69 Å². The van der Waals surface area contributed by atoms with Crippen molar-refractivity contribution in [3.63, 3.8) is 0 Å². The molecule has 2 aromatic rings. The lowest BCUT2D eigenvalue weighted by molar-refractivity contribution is -0.935. The Labute approximate surface area is 184 Å². The highest BCUT2D eigenvalue weighted by molar-refractivity contribution is 5.97. The zero-order valence-corrected chi connectivity index (χ0v) is 18.2. The van der Waals surface area contributed by atoms with E-state index in [-0.39, 0.29) is 17.9 Å². The van der Waals surface area contributed by atoms with E-state index in [4.69, 9.17) is 4.74 Å². The normalized spacial score (nSPS) is 18.1. The summed E-state index contributed by atoms with van der Waals surface area (Å²) in [5, 5.41) is 3.15. The van der Waals surface area contributed by atoms with Gasteiger partial charge in [0.1, 0.15) is 11.8 Å². The molecule has 0 bridgehead atoms. The number of carbonyl (C=O) groups excluding carboxylic acids is 2. The van der Waals surface area contributed by atoms with Crippen LogP contribution in [-0.2, 0) is 4.79 Å². The number of rotatable bonds is 7. The van der Waals surface area contributed by atoms with Crippen LogP contribution in [0.25, 0.3) is 0 Å². The Bertz CT molecular complexity index is 889. The van der Waals surface area contributed by atoms with E-state index < -0.39 is 0 Å². The van der Waals surface area contributed by atoms with Crippen LogP contribution < -0.4 is 19.9 Å².